The predicted octanol–water partition coefficient (Wildman–Crippen LogP) is 2.66. The molecule has 1 saturated heterocycles. The number of ether oxygens (including phenoxy) is 1. The number of anilines is 1. The molecule has 2 aromatic carbocycles. The third-order valence-electron chi connectivity index (χ3n) is 4.41. The highest BCUT2D eigenvalue weighted by atomic mass is 19.1. The van der Waals surface area contributed by atoms with Gasteiger partial charge in [0.2, 0.25) is 5.96 Å². The zero-order valence-corrected chi connectivity index (χ0v) is 16.0. The molecule has 3 rings (SSSR count). The molecule has 2 N–H and O–H groups in total. The van der Waals surface area contributed by atoms with Gasteiger partial charge in [-0.15, -0.1) is 0 Å². The minimum absolute atomic E-state index is 0.247. The molecule has 1 aliphatic heterocycles. The molecule has 0 aromatic heterocycles. The number of amides is 1. The second-order valence-electron chi connectivity index (χ2n) is 6.64. The summed E-state index contributed by atoms with van der Waals surface area (Å²) in [5.41, 5.74) is 2.21. The van der Waals surface area contributed by atoms with Gasteiger partial charge in [0.25, 0.3) is 5.91 Å². The van der Waals surface area contributed by atoms with Crippen LogP contribution in [0.5, 0.6) is 0 Å². The Labute approximate surface area is 164 Å². The molecule has 1 aliphatic rings. The van der Waals surface area contributed by atoms with Gasteiger partial charge in [0.1, 0.15) is 5.82 Å². The number of nitrogens with one attached hydrogen (secondary N) is 2. The number of rotatable bonds is 5. The van der Waals surface area contributed by atoms with Crippen LogP contribution in [0.1, 0.15) is 15.9 Å². The second kappa shape index (κ2) is 9.96. The van der Waals surface area contributed by atoms with E-state index in [4.69, 9.17) is 4.74 Å². The number of benzene rings is 2. The van der Waals surface area contributed by atoms with Crippen molar-refractivity contribution >= 4 is 17.6 Å². The van der Waals surface area contributed by atoms with Crippen molar-refractivity contribution in [2.24, 2.45) is 4.99 Å². The molecule has 0 unspecified atom stereocenters. The van der Waals surface area contributed by atoms with E-state index in [0.29, 0.717) is 23.8 Å². The van der Waals surface area contributed by atoms with Gasteiger partial charge in [-0.1, -0.05) is 17.7 Å². The maximum atomic E-state index is 13.2. The number of carbonyl (C=O) groups is 1. The summed E-state index contributed by atoms with van der Waals surface area (Å²) >= 11 is 0. The number of guanidine groups is 1. The number of morpholine rings is 1. The van der Waals surface area contributed by atoms with Crippen molar-refractivity contribution in [1.29, 1.82) is 0 Å². The van der Waals surface area contributed by atoms with Gasteiger partial charge in [-0.2, -0.15) is 0 Å². The summed E-state index contributed by atoms with van der Waals surface area (Å²) in [6, 6.07) is 13.3. The summed E-state index contributed by atoms with van der Waals surface area (Å²) in [5, 5.41) is 5.89. The van der Waals surface area contributed by atoms with Gasteiger partial charge in [-0.25, -0.2) is 4.39 Å². The molecule has 0 bridgehead atoms. The van der Waals surface area contributed by atoms with Crippen molar-refractivity contribution < 1.29 is 13.9 Å². The van der Waals surface area contributed by atoms with Crippen molar-refractivity contribution in [2.45, 2.75) is 6.92 Å². The summed E-state index contributed by atoms with van der Waals surface area (Å²) in [5.74, 6) is -0.227. The monoisotopic (exact) mass is 384 g/mol. The van der Waals surface area contributed by atoms with Crippen LogP contribution in [-0.4, -0.2) is 56.2 Å². The molecule has 7 heteroatoms. The predicted molar refractivity (Wildman–Crippen MR) is 108 cm³/mol. The van der Waals surface area contributed by atoms with E-state index in [0.717, 1.165) is 38.4 Å². The molecular weight excluding hydrogens is 359 g/mol. The first-order valence-corrected chi connectivity index (χ1v) is 9.35. The lowest BCUT2D eigenvalue weighted by Crippen LogP contribution is -2.39. The lowest BCUT2D eigenvalue weighted by Gasteiger charge is -2.25. The first kappa shape index (κ1) is 20.0. The largest absolute Gasteiger partial charge is 0.379 e. The van der Waals surface area contributed by atoms with Gasteiger partial charge >= 0.3 is 0 Å². The van der Waals surface area contributed by atoms with Crippen LogP contribution in [-0.2, 0) is 4.74 Å². The Morgan fingerprint density at radius 2 is 1.93 bits per heavy atom. The Morgan fingerprint density at radius 3 is 2.64 bits per heavy atom. The lowest BCUT2D eigenvalue weighted by molar-refractivity contribution is 0.0394. The number of hydrogen-bond donors (Lipinski definition) is 2. The average molecular weight is 384 g/mol. The Kier molecular flexibility index (Phi) is 7.11. The Morgan fingerprint density at radius 1 is 1.18 bits per heavy atom. The minimum Gasteiger partial charge on any atom is -0.379 e. The summed E-state index contributed by atoms with van der Waals surface area (Å²) < 4.78 is 18.5. The number of nitrogens with zero attached hydrogens (tertiary/aromatic N) is 2. The van der Waals surface area contributed by atoms with Crippen LogP contribution in [0.4, 0.5) is 10.1 Å². The highest BCUT2D eigenvalue weighted by Crippen LogP contribution is 2.09. The number of hydrogen-bond acceptors (Lipinski definition) is 4. The van der Waals surface area contributed by atoms with E-state index in [-0.39, 0.29) is 11.7 Å². The highest BCUT2D eigenvalue weighted by molar-refractivity contribution is 6.10. The van der Waals surface area contributed by atoms with E-state index in [1.54, 1.807) is 18.2 Å². The molecule has 0 radical (unpaired) electrons. The Balaban J connectivity index is 1.68. The van der Waals surface area contributed by atoms with Gasteiger partial charge < -0.3 is 10.1 Å². The average Bonchev–Trinajstić information content (AvgIpc) is 2.70. The Hall–Kier alpha value is -2.77. The summed E-state index contributed by atoms with van der Waals surface area (Å²) in [4.78, 5) is 19.4. The van der Waals surface area contributed by atoms with E-state index >= 15 is 0 Å². The van der Waals surface area contributed by atoms with Crippen molar-refractivity contribution in [3.63, 3.8) is 0 Å². The molecule has 1 heterocycles. The first-order valence-electron chi connectivity index (χ1n) is 9.35. The van der Waals surface area contributed by atoms with Crippen molar-refractivity contribution in [2.75, 3.05) is 44.7 Å². The lowest BCUT2D eigenvalue weighted by atomic mass is 10.1. The van der Waals surface area contributed by atoms with Crippen LogP contribution in [0.3, 0.4) is 0 Å². The molecule has 1 fully saturated rings. The zero-order chi connectivity index (χ0) is 19.8. The summed E-state index contributed by atoms with van der Waals surface area (Å²) in [6.45, 7) is 6.46. The third kappa shape index (κ3) is 6.14. The molecule has 0 saturated carbocycles. The van der Waals surface area contributed by atoms with E-state index in [9.17, 15) is 9.18 Å². The van der Waals surface area contributed by atoms with Crippen LogP contribution >= 0.6 is 0 Å². The van der Waals surface area contributed by atoms with Gasteiger partial charge in [0.15, 0.2) is 0 Å². The molecule has 0 atom stereocenters. The molecule has 28 heavy (non-hydrogen) atoms. The summed E-state index contributed by atoms with van der Waals surface area (Å²) in [6.07, 6.45) is 0. The van der Waals surface area contributed by atoms with Gasteiger partial charge in [0, 0.05) is 30.9 Å². The summed E-state index contributed by atoms with van der Waals surface area (Å²) in [7, 11) is 0. The molecule has 0 spiro atoms. The van der Waals surface area contributed by atoms with Gasteiger partial charge in [-0.05, 0) is 43.3 Å². The molecule has 0 aliphatic carbocycles. The fourth-order valence-corrected chi connectivity index (χ4v) is 2.87. The van der Waals surface area contributed by atoms with Gasteiger partial charge in [-0.3, -0.25) is 20.0 Å². The second-order valence-corrected chi connectivity index (χ2v) is 6.64. The first-order chi connectivity index (χ1) is 13.6. The van der Waals surface area contributed by atoms with Crippen molar-refractivity contribution in [3.05, 3.63) is 65.5 Å². The van der Waals surface area contributed by atoms with Crippen LogP contribution < -0.4 is 10.6 Å². The zero-order valence-electron chi connectivity index (χ0n) is 16.0. The SMILES string of the molecule is Cc1cccc(C(=O)NC(=NCCN2CCOCC2)Nc2ccc(F)cc2)c1. The minimum atomic E-state index is -0.319. The van der Waals surface area contributed by atoms with E-state index in [1.165, 1.54) is 12.1 Å². The molecule has 6 nitrogen and oxygen atoms in total. The maximum Gasteiger partial charge on any atom is 0.257 e. The van der Waals surface area contributed by atoms with Crippen molar-refractivity contribution in [3.8, 4) is 0 Å². The number of aliphatic imine (C=N–C) groups is 1. The van der Waals surface area contributed by atoms with Gasteiger partial charge in [0.05, 0.1) is 19.8 Å². The number of carbonyl (C=O) groups excluding carboxylic acids is 1. The third-order valence-corrected chi connectivity index (χ3v) is 4.41. The quantitative estimate of drug-likeness (QED) is 0.615. The van der Waals surface area contributed by atoms with Crippen LogP contribution in [0.15, 0.2) is 53.5 Å². The van der Waals surface area contributed by atoms with E-state index < -0.39 is 0 Å². The standard InChI is InChI=1S/C21H25FN4O2/c1-16-3-2-4-17(15-16)20(27)25-21(24-19-7-5-18(22)6-8-19)23-9-10-26-11-13-28-14-12-26/h2-8,15H,9-14H2,1H3,(H2,23,24,25,27). The van der Waals surface area contributed by atoms with Crippen LogP contribution in [0, 0.1) is 12.7 Å². The topological polar surface area (TPSA) is 66.0 Å². The highest BCUT2D eigenvalue weighted by Gasteiger charge is 2.12. The normalized spacial score (nSPS) is 15.3. The molecular formula is C21H25FN4O2. The van der Waals surface area contributed by atoms with E-state index in [1.807, 2.05) is 25.1 Å². The smallest absolute Gasteiger partial charge is 0.257 e. The molecule has 1 amide bonds. The Bertz CT molecular complexity index is 817. The number of halogens is 1. The van der Waals surface area contributed by atoms with Crippen molar-refractivity contribution in [1.82, 2.24) is 10.2 Å². The van der Waals surface area contributed by atoms with Crippen LogP contribution in [0.25, 0.3) is 0 Å². The fourth-order valence-electron chi connectivity index (χ4n) is 2.87. The van der Waals surface area contributed by atoms with E-state index in [2.05, 4.69) is 20.5 Å². The maximum absolute atomic E-state index is 13.2. The molecule has 2 aromatic rings. The molecule has 148 valence electrons. The fraction of sp³-hybridized carbons (Fsp3) is 0.333. The number of aryl methyl sites for hydroxylation is 1. The van der Waals surface area contributed by atoms with Crippen LogP contribution in [0.2, 0.25) is 0 Å².